The molecule has 0 bridgehead atoms. The van der Waals surface area contributed by atoms with Crippen molar-refractivity contribution < 1.29 is 4.79 Å². The Morgan fingerprint density at radius 1 is 1.38 bits per heavy atom. The number of amides is 1. The van der Waals surface area contributed by atoms with E-state index in [-0.39, 0.29) is 5.91 Å². The van der Waals surface area contributed by atoms with Crippen LogP contribution in [-0.2, 0) is 4.79 Å². The van der Waals surface area contributed by atoms with Gasteiger partial charge in [0.25, 0.3) is 0 Å². The van der Waals surface area contributed by atoms with E-state index in [0.29, 0.717) is 6.04 Å². The van der Waals surface area contributed by atoms with Gasteiger partial charge in [-0.2, -0.15) is 0 Å². The Morgan fingerprint density at radius 2 is 2.25 bits per heavy atom. The fourth-order valence-electron chi connectivity index (χ4n) is 2.87. The SMILES string of the molecule is NC(=O)C1=CN2C=C3CCCN3CC2CC1. The van der Waals surface area contributed by atoms with Crippen LogP contribution >= 0.6 is 0 Å². The van der Waals surface area contributed by atoms with Crippen LogP contribution in [-0.4, -0.2) is 34.8 Å². The lowest BCUT2D eigenvalue weighted by Gasteiger charge is -2.40. The van der Waals surface area contributed by atoms with Gasteiger partial charge in [-0.25, -0.2) is 0 Å². The van der Waals surface area contributed by atoms with Crippen LogP contribution in [0, 0.1) is 0 Å². The summed E-state index contributed by atoms with van der Waals surface area (Å²) in [5, 5.41) is 0. The number of nitrogens with two attached hydrogens (primary N) is 1. The zero-order valence-electron chi connectivity index (χ0n) is 9.35. The van der Waals surface area contributed by atoms with Gasteiger partial charge in [-0.3, -0.25) is 4.79 Å². The molecule has 0 aromatic heterocycles. The molecule has 0 radical (unpaired) electrons. The van der Waals surface area contributed by atoms with Gasteiger partial charge in [0.05, 0.1) is 6.04 Å². The minimum absolute atomic E-state index is 0.272. The summed E-state index contributed by atoms with van der Waals surface area (Å²) in [7, 11) is 0. The zero-order chi connectivity index (χ0) is 11.1. The molecule has 1 amide bonds. The highest BCUT2D eigenvalue weighted by Crippen LogP contribution is 2.31. The molecule has 4 heteroatoms. The average Bonchev–Trinajstić information content (AvgIpc) is 2.71. The van der Waals surface area contributed by atoms with E-state index in [4.69, 9.17) is 5.73 Å². The molecule has 1 fully saturated rings. The second-order valence-electron chi connectivity index (χ2n) is 4.83. The van der Waals surface area contributed by atoms with Crippen molar-refractivity contribution in [2.24, 2.45) is 5.73 Å². The van der Waals surface area contributed by atoms with E-state index in [1.807, 2.05) is 6.20 Å². The molecule has 86 valence electrons. The minimum atomic E-state index is -0.272. The van der Waals surface area contributed by atoms with Crippen molar-refractivity contribution in [2.45, 2.75) is 31.7 Å². The molecule has 3 rings (SSSR count). The molecule has 1 atom stereocenters. The molecular weight excluding hydrogens is 202 g/mol. The number of fused-ring (bicyclic) bond motifs is 2. The van der Waals surface area contributed by atoms with Crippen molar-refractivity contribution in [3.05, 3.63) is 23.7 Å². The summed E-state index contributed by atoms with van der Waals surface area (Å²) < 4.78 is 0. The van der Waals surface area contributed by atoms with Crippen LogP contribution in [0.2, 0.25) is 0 Å². The molecule has 0 aliphatic carbocycles. The molecule has 1 unspecified atom stereocenters. The van der Waals surface area contributed by atoms with Gasteiger partial charge >= 0.3 is 0 Å². The number of nitrogens with zero attached hydrogens (tertiary/aromatic N) is 2. The number of primary amides is 1. The highest BCUT2D eigenvalue weighted by atomic mass is 16.1. The largest absolute Gasteiger partial charge is 0.372 e. The summed E-state index contributed by atoms with van der Waals surface area (Å²) in [5.41, 5.74) is 7.51. The van der Waals surface area contributed by atoms with Crippen LogP contribution in [0.4, 0.5) is 0 Å². The number of carbonyl (C=O) groups excluding carboxylic acids is 1. The highest BCUT2D eigenvalue weighted by molar-refractivity contribution is 5.91. The lowest BCUT2D eigenvalue weighted by molar-refractivity contribution is -0.114. The van der Waals surface area contributed by atoms with Gasteiger partial charge in [-0.1, -0.05) is 0 Å². The Labute approximate surface area is 95.4 Å². The van der Waals surface area contributed by atoms with Crippen LogP contribution in [0.3, 0.4) is 0 Å². The Hall–Kier alpha value is -1.45. The van der Waals surface area contributed by atoms with Gasteiger partial charge in [-0.15, -0.1) is 0 Å². The second kappa shape index (κ2) is 3.54. The summed E-state index contributed by atoms with van der Waals surface area (Å²) in [6, 6.07) is 0.532. The zero-order valence-corrected chi connectivity index (χ0v) is 9.35. The summed E-state index contributed by atoms with van der Waals surface area (Å²) in [4.78, 5) is 15.8. The van der Waals surface area contributed by atoms with E-state index in [0.717, 1.165) is 25.0 Å². The molecule has 16 heavy (non-hydrogen) atoms. The molecule has 1 saturated heterocycles. The first-order chi connectivity index (χ1) is 7.74. The van der Waals surface area contributed by atoms with Gasteiger partial charge in [0, 0.05) is 36.8 Å². The third-order valence-corrected chi connectivity index (χ3v) is 3.79. The van der Waals surface area contributed by atoms with E-state index in [1.165, 1.54) is 25.1 Å². The monoisotopic (exact) mass is 219 g/mol. The Morgan fingerprint density at radius 3 is 3.06 bits per heavy atom. The van der Waals surface area contributed by atoms with Gasteiger partial charge in [0.2, 0.25) is 5.91 Å². The van der Waals surface area contributed by atoms with Crippen molar-refractivity contribution in [1.82, 2.24) is 9.80 Å². The molecular formula is C12H17N3O. The Kier molecular flexibility index (Phi) is 2.16. The molecule has 0 spiro atoms. The normalized spacial score (nSPS) is 28.1. The van der Waals surface area contributed by atoms with Crippen LogP contribution in [0.25, 0.3) is 0 Å². The average molecular weight is 219 g/mol. The molecule has 2 N–H and O–H groups in total. The maximum atomic E-state index is 11.2. The molecule has 0 aromatic rings. The topological polar surface area (TPSA) is 49.6 Å². The molecule has 4 nitrogen and oxygen atoms in total. The smallest absolute Gasteiger partial charge is 0.246 e. The predicted molar refractivity (Wildman–Crippen MR) is 61.0 cm³/mol. The van der Waals surface area contributed by atoms with Crippen molar-refractivity contribution in [1.29, 1.82) is 0 Å². The van der Waals surface area contributed by atoms with Gasteiger partial charge in [0.1, 0.15) is 0 Å². The molecule has 0 saturated carbocycles. The third-order valence-electron chi connectivity index (χ3n) is 3.79. The first kappa shape index (κ1) is 9.75. The third kappa shape index (κ3) is 1.49. The molecule has 3 aliphatic rings. The highest BCUT2D eigenvalue weighted by Gasteiger charge is 2.31. The standard InChI is InChI=1S/C12H17N3O/c13-12(16)9-3-4-11-7-14-5-1-2-10(14)8-15(11)6-9/h6,8,11H,1-5,7H2,(H2,13,16). The predicted octanol–water partition coefficient (Wildman–Crippen LogP) is 0.771. The molecule has 0 aromatic carbocycles. The lowest BCUT2D eigenvalue weighted by Crippen LogP contribution is -2.44. The van der Waals surface area contributed by atoms with Crippen LogP contribution in [0.5, 0.6) is 0 Å². The summed E-state index contributed by atoms with van der Waals surface area (Å²) >= 11 is 0. The number of allylic oxidation sites excluding steroid dienone is 1. The molecule has 3 aliphatic heterocycles. The quantitative estimate of drug-likeness (QED) is 0.708. The van der Waals surface area contributed by atoms with E-state index < -0.39 is 0 Å². The summed E-state index contributed by atoms with van der Waals surface area (Å²) in [6.45, 7) is 2.30. The van der Waals surface area contributed by atoms with Crippen molar-refractivity contribution in [3.8, 4) is 0 Å². The number of rotatable bonds is 1. The maximum Gasteiger partial charge on any atom is 0.246 e. The Bertz CT molecular complexity index is 386. The number of hydrogen-bond acceptors (Lipinski definition) is 3. The van der Waals surface area contributed by atoms with E-state index >= 15 is 0 Å². The fourth-order valence-corrected chi connectivity index (χ4v) is 2.87. The first-order valence-corrected chi connectivity index (χ1v) is 5.97. The number of hydrogen-bond donors (Lipinski definition) is 1. The van der Waals surface area contributed by atoms with E-state index in [9.17, 15) is 4.79 Å². The lowest BCUT2D eigenvalue weighted by atomic mass is 9.98. The van der Waals surface area contributed by atoms with Gasteiger partial charge < -0.3 is 15.5 Å². The van der Waals surface area contributed by atoms with Crippen molar-refractivity contribution in [3.63, 3.8) is 0 Å². The Balaban J connectivity index is 1.88. The van der Waals surface area contributed by atoms with E-state index in [1.54, 1.807) is 0 Å². The minimum Gasteiger partial charge on any atom is -0.372 e. The maximum absolute atomic E-state index is 11.2. The molecule has 3 heterocycles. The van der Waals surface area contributed by atoms with Gasteiger partial charge in [-0.05, 0) is 25.7 Å². The van der Waals surface area contributed by atoms with Crippen molar-refractivity contribution >= 4 is 5.91 Å². The summed E-state index contributed by atoms with van der Waals surface area (Å²) in [5.74, 6) is -0.272. The van der Waals surface area contributed by atoms with Gasteiger partial charge in [0.15, 0.2) is 0 Å². The van der Waals surface area contributed by atoms with Crippen LogP contribution < -0.4 is 5.73 Å². The summed E-state index contributed by atoms with van der Waals surface area (Å²) in [6.07, 6.45) is 8.44. The van der Waals surface area contributed by atoms with Crippen LogP contribution in [0.1, 0.15) is 25.7 Å². The first-order valence-electron chi connectivity index (χ1n) is 5.97. The second-order valence-corrected chi connectivity index (χ2v) is 4.83. The van der Waals surface area contributed by atoms with Crippen molar-refractivity contribution in [2.75, 3.05) is 13.1 Å². The fraction of sp³-hybridized carbons (Fsp3) is 0.583. The number of carbonyl (C=O) groups is 1. The van der Waals surface area contributed by atoms with Crippen LogP contribution in [0.15, 0.2) is 23.7 Å². The van der Waals surface area contributed by atoms with E-state index in [2.05, 4.69) is 16.0 Å².